The van der Waals surface area contributed by atoms with Crippen LogP contribution in [0.15, 0.2) is 29.0 Å². The maximum atomic E-state index is 3.43. The maximum absolute atomic E-state index is 3.43. The van der Waals surface area contributed by atoms with E-state index in [9.17, 15) is 0 Å². The number of nitrogens with zero attached hydrogens (tertiary/aromatic N) is 1. The molecule has 0 radical (unpaired) electrons. The maximum Gasteiger partial charge on any atom is 0.169 e. The van der Waals surface area contributed by atoms with E-state index >= 15 is 0 Å². The number of hydrogen-bond donors (Lipinski definition) is 0. The van der Waals surface area contributed by atoms with E-state index < -0.39 is 0 Å². The van der Waals surface area contributed by atoms with E-state index in [1.807, 2.05) is 0 Å². The minimum Gasteiger partial charge on any atom is -0.205 e. The van der Waals surface area contributed by atoms with Gasteiger partial charge in [0.05, 0.1) is 0 Å². The van der Waals surface area contributed by atoms with Crippen LogP contribution in [0.25, 0.3) is 0 Å². The first kappa shape index (κ1) is 10.7. The Hall–Kier alpha value is -0.370. The fourth-order valence-corrected chi connectivity index (χ4v) is 1.55. The summed E-state index contributed by atoms with van der Waals surface area (Å²) in [5.41, 5.74) is 0. The van der Waals surface area contributed by atoms with Gasteiger partial charge in [0.1, 0.15) is 6.54 Å². The van der Waals surface area contributed by atoms with Crippen molar-refractivity contribution in [2.45, 2.75) is 39.2 Å². The van der Waals surface area contributed by atoms with E-state index in [4.69, 9.17) is 0 Å². The molecule has 72 valence electrons. The quantitative estimate of drug-likeness (QED) is 0.551. The highest BCUT2D eigenvalue weighted by atomic mass is 79.9. The van der Waals surface area contributed by atoms with E-state index in [0.29, 0.717) is 0 Å². The summed E-state index contributed by atoms with van der Waals surface area (Å²) in [5.74, 6) is 0. The summed E-state index contributed by atoms with van der Waals surface area (Å²) in [4.78, 5) is 0. The van der Waals surface area contributed by atoms with Crippen molar-refractivity contribution in [2.24, 2.45) is 0 Å². The van der Waals surface area contributed by atoms with E-state index in [0.717, 1.165) is 11.0 Å². The number of aromatic nitrogens is 1. The molecule has 1 nitrogen and oxygen atoms in total. The topological polar surface area (TPSA) is 3.88 Å². The SMILES string of the molecule is CCCCCC[n+]1ccc(Br)cc1. The summed E-state index contributed by atoms with van der Waals surface area (Å²) in [7, 11) is 0. The first-order valence-electron chi connectivity index (χ1n) is 4.97. The molecule has 0 saturated carbocycles. The molecule has 0 atom stereocenters. The lowest BCUT2D eigenvalue weighted by Crippen LogP contribution is -2.32. The lowest BCUT2D eigenvalue weighted by Gasteiger charge is -1.96. The molecule has 0 amide bonds. The van der Waals surface area contributed by atoms with Crippen LogP contribution in [0, 0.1) is 0 Å². The van der Waals surface area contributed by atoms with Crippen LogP contribution in [0.1, 0.15) is 32.6 Å². The van der Waals surface area contributed by atoms with Crippen molar-refractivity contribution in [3.8, 4) is 0 Å². The fourth-order valence-electron chi connectivity index (χ4n) is 1.31. The van der Waals surface area contributed by atoms with Crippen LogP contribution in [0.3, 0.4) is 0 Å². The molecule has 0 aliphatic carbocycles. The second kappa shape index (κ2) is 6.14. The summed E-state index contributed by atoms with van der Waals surface area (Å²) in [5, 5.41) is 0. The third-order valence-corrected chi connectivity index (χ3v) is 2.65. The van der Waals surface area contributed by atoms with E-state index in [1.54, 1.807) is 0 Å². The second-order valence-electron chi connectivity index (χ2n) is 3.31. The van der Waals surface area contributed by atoms with Gasteiger partial charge in [-0.2, -0.15) is 0 Å². The fraction of sp³-hybridized carbons (Fsp3) is 0.545. The van der Waals surface area contributed by atoms with Crippen molar-refractivity contribution >= 4 is 15.9 Å². The molecule has 1 rings (SSSR count). The molecule has 1 aromatic heterocycles. The lowest BCUT2D eigenvalue weighted by molar-refractivity contribution is -0.697. The van der Waals surface area contributed by atoms with Crippen LogP contribution >= 0.6 is 15.9 Å². The van der Waals surface area contributed by atoms with Gasteiger partial charge in [0.15, 0.2) is 12.4 Å². The number of rotatable bonds is 5. The minimum atomic E-state index is 1.15. The Morgan fingerprint density at radius 3 is 2.46 bits per heavy atom. The third-order valence-electron chi connectivity index (χ3n) is 2.12. The largest absolute Gasteiger partial charge is 0.205 e. The molecule has 0 fully saturated rings. The zero-order chi connectivity index (χ0) is 9.52. The van der Waals surface area contributed by atoms with Gasteiger partial charge in [-0.25, -0.2) is 4.57 Å². The smallest absolute Gasteiger partial charge is 0.169 e. The highest BCUT2D eigenvalue weighted by molar-refractivity contribution is 9.10. The number of unbranched alkanes of at least 4 members (excludes halogenated alkanes) is 3. The Kier molecular flexibility index (Phi) is 5.06. The summed E-state index contributed by atoms with van der Waals surface area (Å²) < 4.78 is 3.39. The van der Waals surface area contributed by atoms with E-state index in [1.165, 1.54) is 25.7 Å². The summed E-state index contributed by atoms with van der Waals surface area (Å²) in [6.07, 6.45) is 9.55. The molecular formula is C11H17BrN+. The zero-order valence-electron chi connectivity index (χ0n) is 8.17. The van der Waals surface area contributed by atoms with Crippen LogP contribution in [0.5, 0.6) is 0 Å². The third kappa shape index (κ3) is 4.41. The molecule has 0 N–H and O–H groups in total. The van der Waals surface area contributed by atoms with Gasteiger partial charge < -0.3 is 0 Å². The molecule has 0 aromatic carbocycles. The molecule has 0 spiro atoms. The monoisotopic (exact) mass is 242 g/mol. The summed E-state index contributed by atoms with van der Waals surface area (Å²) >= 11 is 3.43. The van der Waals surface area contributed by atoms with Crippen LogP contribution in [0.4, 0.5) is 0 Å². The van der Waals surface area contributed by atoms with Gasteiger partial charge in [-0.05, 0) is 6.42 Å². The Balaban J connectivity index is 2.25. The number of pyridine rings is 1. The predicted molar refractivity (Wildman–Crippen MR) is 58.5 cm³/mol. The molecule has 0 aliphatic rings. The van der Waals surface area contributed by atoms with Crippen LogP contribution in [-0.2, 0) is 6.54 Å². The van der Waals surface area contributed by atoms with Crippen molar-refractivity contribution in [3.63, 3.8) is 0 Å². The van der Waals surface area contributed by atoms with Gasteiger partial charge in [0.2, 0.25) is 0 Å². The normalized spacial score (nSPS) is 10.3. The lowest BCUT2D eigenvalue weighted by atomic mass is 10.2. The van der Waals surface area contributed by atoms with Crippen LogP contribution < -0.4 is 4.57 Å². The van der Waals surface area contributed by atoms with Crippen LogP contribution in [-0.4, -0.2) is 0 Å². The molecule has 0 unspecified atom stereocenters. The van der Waals surface area contributed by atoms with Crippen LogP contribution in [0.2, 0.25) is 0 Å². The minimum absolute atomic E-state index is 1.15. The molecule has 0 bridgehead atoms. The van der Waals surface area contributed by atoms with E-state index in [2.05, 4.69) is 51.9 Å². The number of aryl methyl sites for hydroxylation is 1. The number of halogens is 1. The molecule has 2 heteroatoms. The average Bonchev–Trinajstić information content (AvgIpc) is 2.15. The highest BCUT2D eigenvalue weighted by Gasteiger charge is 1.98. The van der Waals surface area contributed by atoms with Gasteiger partial charge in [-0.15, -0.1) is 0 Å². The van der Waals surface area contributed by atoms with Crippen molar-refractivity contribution in [3.05, 3.63) is 29.0 Å². The van der Waals surface area contributed by atoms with Crippen molar-refractivity contribution in [2.75, 3.05) is 0 Å². The van der Waals surface area contributed by atoms with Gasteiger partial charge in [0, 0.05) is 23.0 Å². The second-order valence-corrected chi connectivity index (χ2v) is 4.23. The Bertz CT molecular complexity index is 230. The average molecular weight is 243 g/mol. The Morgan fingerprint density at radius 1 is 1.15 bits per heavy atom. The highest BCUT2D eigenvalue weighted by Crippen LogP contribution is 2.04. The van der Waals surface area contributed by atoms with Gasteiger partial charge >= 0.3 is 0 Å². The van der Waals surface area contributed by atoms with Gasteiger partial charge in [-0.1, -0.05) is 35.7 Å². The first-order valence-corrected chi connectivity index (χ1v) is 5.77. The molecule has 1 heterocycles. The standard InChI is InChI=1S/C11H17BrN/c1-2-3-4-5-8-13-9-6-11(12)7-10-13/h6-7,9-10H,2-5,8H2,1H3/q+1. The summed E-state index contributed by atoms with van der Waals surface area (Å²) in [6.45, 7) is 3.39. The molecule has 1 aromatic rings. The first-order chi connectivity index (χ1) is 6.33. The molecule has 0 aliphatic heterocycles. The molecular weight excluding hydrogens is 226 g/mol. The van der Waals surface area contributed by atoms with Gasteiger partial charge in [-0.3, -0.25) is 0 Å². The van der Waals surface area contributed by atoms with Crippen molar-refractivity contribution < 1.29 is 4.57 Å². The molecule has 0 saturated heterocycles. The van der Waals surface area contributed by atoms with E-state index in [-0.39, 0.29) is 0 Å². The van der Waals surface area contributed by atoms with Crippen molar-refractivity contribution in [1.29, 1.82) is 0 Å². The molecule has 13 heavy (non-hydrogen) atoms. The predicted octanol–water partition coefficient (Wildman–Crippen LogP) is 3.32. The summed E-state index contributed by atoms with van der Waals surface area (Å²) in [6, 6.07) is 4.17. The Morgan fingerprint density at radius 2 is 1.85 bits per heavy atom. The number of hydrogen-bond acceptors (Lipinski definition) is 0. The van der Waals surface area contributed by atoms with Crippen molar-refractivity contribution in [1.82, 2.24) is 0 Å². The zero-order valence-corrected chi connectivity index (χ0v) is 9.76. The van der Waals surface area contributed by atoms with Gasteiger partial charge in [0.25, 0.3) is 0 Å². The Labute approximate surface area is 88.9 Å².